The fourth-order valence-electron chi connectivity index (χ4n) is 3.17. The molecule has 2 nitrogen and oxygen atoms in total. The van der Waals surface area contributed by atoms with Gasteiger partial charge in [0.05, 0.1) is 0 Å². The second-order valence-electron chi connectivity index (χ2n) is 6.81. The normalized spacial score (nSPS) is 30.5. The Kier molecular flexibility index (Phi) is 5.46. The van der Waals surface area contributed by atoms with Gasteiger partial charge in [-0.1, -0.05) is 20.8 Å². The fourth-order valence-corrected chi connectivity index (χ4v) is 3.17. The summed E-state index contributed by atoms with van der Waals surface area (Å²) >= 11 is 0. The van der Waals surface area contributed by atoms with Gasteiger partial charge in [0.2, 0.25) is 0 Å². The molecule has 0 aromatic rings. The van der Waals surface area contributed by atoms with Gasteiger partial charge < -0.3 is 5.73 Å². The maximum atomic E-state index is 6.08. The van der Waals surface area contributed by atoms with E-state index in [2.05, 4.69) is 39.5 Å². The van der Waals surface area contributed by atoms with E-state index >= 15 is 0 Å². The Morgan fingerprint density at radius 3 is 2.47 bits per heavy atom. The lowest BCUT2D eigenvalue weighted by atomic mass is 9.84. The number of nitrogens with zero attached hydrogens (tertiary/aromatic N) is 1. The lowest BCUT2D eigenvalue weighted by molar-refractivity contribution is 0.0174. The summed E-state index contributed by atoms with van der Waals surface area (Å²) in [6.07, 6.45) is 5.19. The van der Waals surface area contributed by atoms with Gasteiger partial charge >= 0.3 is 0 Å². The smallest absolute Gasteiger partial charge is 0.0306 e. The number of hydrogen-bond donors (Lipinski definition) is 1. The van der Waals surface area contributed by atoms with E-state index in [-0.39, 0.29) is 5.54 Å². The first-order valence-electron chi connectivity index (χ1n) is 7.36. The van der Waals surface area contributed by atoms with E-state index < -0.39 is 0 Å². The molecule has 0 amide bonds. The van der Waals surface area contributed by atoms with Crippen LogP contribution in [0.15, 0.2) is 0 Å². The van der Waals surface area contributed by atoms with Crippen LogP contribution >= 0.6 is 0 Å². The Balaban J connectivity index is 2.64. The summed E-state index contributed by atoms with van der Waals surface area (Å²) in [6.45, 7) is 13.7. The first kappa shape index (κ1) is 15.0. The van der Waals surface area contributed by atoms with Crippen molar-refractivity contribution >= 4 is 0 Å². The van der Waals surface area contributed by atoms with E-state index in [0.29, 0.717) is 6.04 Å². The fraction of sp³-hybridized carbons (Fsp3) is 1.00. The Hall–Kier alpha value is -0.0800. The van der Waals surface area contributed by atoms with Crippen molar-refractivity contribution < 1.29 is 0 Å². The zero-order valence-corrected chi connectivity index (χ0v) is 12.5. The molecule has 1 fully saturated rings. The van der Waals surface area contributed by atoms with Gasteiger partial charge in [-0.15, -0.1) is 0 Å². The average molecular weight is 240 g/mol. The van der Waals surface area contributed by atoms with Crippen LogP contribution in [0.2, 0.25) is 0 Å². The number of likely N-dealkylation sites (tertiary alicyclic amines) is 1. The van der Waals surface area contributed by atoms with Crippen molar-refractivity contribution in [3.63, 3.8) is 0 Å². The molecular weight excluding hydrogens is 208 g/mol. The molecule has 3 unspecified atom stereocenters. The number of piperidine rings is 1. The lowest BCUT2D eigenvalue weighted by Gasteiger charge is -2.48. The highest BCUT2D eigenvalue weighted by molar-refractivity contribution is 4.93. The van der Waals surface area contributed by atoms with Crippen LogP contribution in [-0.4, -0.2) is 29.6 Å². The summed E-state index contributed by atoms with van der Waals surface area (Å²) in [4.78, 5) is 2.68. The summed E-state index contributed by atoms with van der Waals surface area (Å²) < 4.78 is 0. The third kappa shape index (κ3) is 3.96. The average Bonchev–Trinajstić information content (AvgIpc) is 2.26. The van der Waals surface area contributed by atoms with E-state index in [1.165, 1.54) is 32.2 Å². The highest BCUT2D eigenvalue weighted by atomic mass is 15.2. The monoisotopic (exact) mass is 240 g/mol. The molecule has 0 aliphatic carbocycles. The SMILES string of the molecule is CC(C)CCC(C)(CN)N1CCC(C)CC1C. The minimum Gasteiger partial charge on any atom is -0.329 e. The van der Waals surface area contributed by atoms with Crippen LogP contribution in [-0.2, 0) is 0 Å². The minimum atomic E-state index is 0.212. The topological polar surface area (TPSA) is 29.3 Å². The summed E-state index contributed by atoms with van der Waals surface area (Å²) in [5.41, 5.74) is 6.29. The highest BCUT2D eigenvalue weighted by Crippen LogP contribution is 2.31. The van der Waals surface area contributed by atoms with E-state index in [1.54, 1.807) is 0 Å². The molecule has 1 heterocycles. The quantitative estimate of drug-likeness (QED) is 0.799. The van der Waals surface area contributed by atoms with Gasteiger partial charge in [-0.3, -0.25) is 4.90 Å². The maximum absolute atomic E-state index is 6.08. The van der Waals surface area contributed by atoms with E-state index in [4.69, 9.17) is 5.73 Å². The minimum absolute atomic E-state index is 0.212. The van der Waals surface area contributed by atoms with Crippen molar-refractivity contribution in [3.8, 4) is 0 Å². The second kappa shape index (κ2) is 6.19. The standard InChI is InChI=1S/C15H32N2/c1-12(2)6-8-15(5,11-16)17-9-7-13(3)10-14(17)4/h12-14H,6-11,16H2,1-5H3. The molecular formula is C15H32N2. The van der Waals surface area contributed by atoms with Crippen molar-refractivity contribution in [2.45, 2.75) is 71.9 Å². The Bertz CT molecular complexity index is 227. The number of nitrogens with two attached hydrogens (primary N) is 1. The van der Waals surface area contributed by atoms with Gasteiger partial charge in [0, 0.05) is 18.1 Å². The predicted octanol–water partition coefficient (Wildman–Crippen LogP) is 3.26. The molecule has 3 atom stereocenters. The van der Waals surface area contributed by atoms with Crippen molar-refractivity contribution in [3.05, 3.63) is 0 Å². The first-order valence-corrected chi connectivity index (χ1v) is 7.36. The lowest BCUT2D eigenvalue weighted by Crippen LogP contribution is -2.57. The van der Waals surface area contributed by atoms with Crippen molar-refractivity contribution in [1.29, 1.82) is 0 Å². The molecule has 1 saturated heterocycles. The van der Waals surface area contributed by atoms with Gasteiger partial charge in [-0.2, -0.15) is 0 Å². The predicted molar refractivity (Wildman–Crippen MR) is 76.1 cm³/mol. The van der Waals surface area contributed by atoms with Crippen LogP contribution < -0.4 is 5.73 Å². The van der Waals surface area contributed by atoms with Crippen LogP contribution in [0.3, 0.4) is 0 Å². The molecule has 0 radical (unpaired) electrons. The first-order chi connectivity index (χ1) is 7.89. The van der Waals surface area contributed by atoms with E-state index in [1.807, 2.05) is 0 Å². The summed E-state index contributed by atoms with van der Waals surface area (Å²) in [7, 11) is 0. The summed E-state index contributed by atoms with van der Waals surface area (Å²) in [6, 6.07) is 0.694. The summed E-state index contributed by atoms with van der Waals surface area (Å²) in [5.74, 6) is 1.66. The third-order valence-electron chi connectivity index (χ3n) is 4.53. The molecule has 2 heteroatoms. The van der Waals surface area contributed by atoms with Gasteiger partial charge in [0.15, 0.2) is 0 Å². The van der Waals surface area contributed by atoms with Gasteiger partial charge in [0.1, 0.15) is 0 Å². The molecule has 0 aromatic heterocycles. The van der Waals surface area contributed by atoms with Crippen LogP contribution in [0, 0.1) is 11.8 Å². The van der Waals surface area contributed by atoms with Gasteiger partial charge in [-0.25, -0.2) is 0 Å². The number of rotatable bonds is 5. The molecule has 0 aromatic carbocycles. The Morgan fingerprint density at radius 2 is 2.00 bits per heavy atom. The van der Waals surface area contributed by atoms with Crippen molar-refractivity contribution in [2.75, 3.05) is 13.1 Å². The molecule has 1 aliphatic heterocycles. The largest absolute Gasteiger partial charge is 0.329 e. The summed E-state index contributed by atoms with van der Waals surface area (Å²) in [5, 5.41) is 0. The zero-order chi connectivity index (χ0) is 13.1. The van der Waals surface area contributed by atoms with Crippen LogP contribution in [0.4, 0.5) is 0 Å². The van der Waals surface area contributed by atoms with Crippen LogP contribution in [0.5, 0.6) is 0 Å². The second-order valence-corrected chi connectivity index (χ2v) is 6.81. The molecule has 0 saturated carbocycles. The molecule has 1 rings (SSSR count). The third-order valence-corrected chi connectivity index (χ3v) is 4.53. The highest BCUT2D eigenvalue weighted by Gasteiger charge is 2.36. The molecule has 0 spiro atoms. The van der Waals surface area contributed by atoms with Crippen LogP contribution in [0.25, 0.3) is 0 Å². The molecule has 2 N–H and O–H groups in total. The van der Waals surface area contributed by atoms with Crippen LogP contribution in [0.1, 0.15) is 60.3 Å². The maximum Gasteiger partial charge on any atom is 0.0306 e. The van der Waals surface area contributed by atoms with Gasteiger partial charge in [-0.05, 0) is 57.9 Å². The molecule has 17 heavy (non-hydrogen) atoms. The zero-order valence-electron chi connectivity index (χ0n) is 12.5. The molecule has 0 bridgehead atoms. The van der Waals surface area contributed by atoms with Gasteiger partial charge in [0.25, 0.3) is 0 Å². The van der Waals surface area contributed by atoms with Crippen molar-refractivity contribution in [1.82, 2.24) is 4.90 Å². The Labute approximate surface area is 108 Å². The molecule has 102 valence electrons. The number of hydrogen-bond acceptors (Lipinski definition) is 2. The Morgan fingerprint density at radius 1 is 1.35 bits per heavy atom. The van der Waals surface area contributed by atoms with E-state index in [9.17, 15) is 0 Å². The van der Waals surface area contributed by atoms with E-state index in [0.717, 1.165) is 18.4 Å². The molecule has 1 aliphatic rings. The van der Waals surface area contributed by atoms with Crippen molar-refractivity contribution in [2.24, 2.45) is 17.6 Å².